The molecule has 0 saturated heterocycles. The first kappa shape index (κ1) is 31.1. The zero-order chi connectivity index (χ0) is 34.5. The largest absolute Gasteiger partial charge is 0.367 e. The minimum atomic E-state index is -0.493. The Morgan fingerprint density at radius 1 is 0.647 bits per heavy atom. The van der Waals surface area contributed by atoms with Crippen LogP contribution in [0.4, 0.5) is 0 Å². The molecule has 0 bridgehead atoms. The highest BCUT2D eigenvalue weighted by molar-refractivity contribution is 6.11. The molecule has 0 radical (unpaired) electrons. The van der Waals surface area contributed by atoms with Crippen molar-refractivity contribution >= 4 is 43.6 Å². The van der Waals surface area contributed by atoms with Gasteiger partial charge in [0.2, 0.25) is 0 Å². The molecule has 6 heteroatoms. The van der Waals surface area contributed by atoms with Gasteiger partial charge in [-0.2, -0.15) is 0 Å². The van der Waals surface area contributed by atoms with Crippen LogP contribution >= 0.6 is 0 Å². The van der Waals surface area contributed by atoms with Gasteiger partial charge in [0.1, 0.15) is 12.3 Å². The fourth-order valence-electron chi connectivity index (χ4n) is 8.02. The maximum Gasteiger partial charge on any atom is 0.123 e. The van der Waals surface area contributed by atoms with E-state index in [2.05, 4.69) is 197 Å². The molecular formula is C45H40N6. The second kappa shape index (κ2) is 12.4. The molecule has 3 heterocycles. The van der Waals surface area contributed by atoms with Crippen LogP contribution in [0.25, 0.3) is 49.3 Å². The van der Waals surface area contributed by atoms with Crippen LogP contribution in [0.15, 0.2) is 176 Å². The summed E-state index contributed by atoms with van der Waals surface area (Å²) >= 11 is 0. The van der Waals surface area contributed by atoms with Crippen molar-refractivity contribution in [3.8, 4) is 5.69 Å². The smallest absolute Gasteiger partial charge is 0.123 e. The highest BCUT2D eigenvalue weighted by atomic mass is 15.5. The van der Waals surface area contributed by atoms with Crippen LogP contribution in [-0.2, 0) is 5.54 Å². The van der Waals surface area contributed by atoms with E-state index in [1.54, 1.807) is 5.01 Å². The summed E-state index contributed by atoms with van der Waals surface area (Å²) in [5, 5.41) is 14.4. The summed E-state index contributed by atoms with van der Waals surface area (Å²) in [6.45, 7) is 2.23. The molecule has 0 saturated carbocycles. The lowest BCUT2D eigenvalue weighted by atomic mass is 9.84. The van der Waals surface area contributed by atoms with Gasteiger partial charge in [0.15, 0.2) is 0 Å². The summed E-state index contributed by atoms with van der Waals surface area (Å²) in [6, 6.07) is 54.0. The van der Waals surface area contributed by atoms with Crippen LogP contribution in [0, 0.1) is 0 Å². The molecule has 9 rings (SSSR count). The van der Waals surface area contributed by atoms with E-state index in [1.807, 2.05) is 7.05 Å². The van der Waals surface area contributed by atoms with Crippen LogP contribution in [0.3, 0.4) is 0 Å². The van der Waals surface area contributed by atoms with E-state index >= 15 is 0 Å². The molecule has 8 aromatic rings. The molecule has 0 aliphatic carbocycles. The van der Waals surface area contributed by atoms with Crippen molar-refractivity contribution in [2.75, 3.05) is 7.05 Å². The number of nitrogens with two attached hydrogens (primary N) is 1. The Kier molecular flexibility index (Phi) is 7.59. The quantitative estimate of drug-likeness (QED) is 0.0862. The molecule has 1 aliphatic rings. The third-order valence-electron chi connectivity index (χ3n) is 10.6. The molecule has 250 valence electrons. The second-order valence-corrected chi connectivity index (χ2v) is 13.6. The van der Waals surface area contributed by atoms with Crippen molar-refractivity contribution < 1.29 is 0 Å². The lowest BCUT2D eigenvalue weighted by Gasteiger charge is -2.39. The summed E-state index contributed by atoms with van der Waals surface area (Å²) in [4.78, 5) is 0. The van der Waals surface area contributed by atoms with E-state index in [4.69, 9.17) is 5.84 Å². The van der Waals surface area contributed by atoms with Crippen LogP contribution in [0.2, 0.25) is 0 Å². The van der Waals surface area contributed by atoms with Crippen molar-refractivity contribution in [3.05, 3.63) is 187 Å². The van der Waals surface area contributed by atoms with Gasteiger partial charge in [-0.3, -0.25) is 11.2 Å². The minimum Gasteiger partial charge on any atom is -0.367 e. The maximum atomic E-state index is 6.59. The first-order valence-corrected chi connectivity index (χ1v) is 17.5. The number of hydrogen-bond acceptors (Lipinski definition) is 4. The number of hydrogen-bond donors (Lipinski definition) is 3. The van der Waals surface area contributed by atoms with Gasteiger partial charge in [0.25, 0.3) is 0 Å². The molecule has 2 unspecified atom stereocenters. The van der Waals surface area contributed by atoms with Crippen LogP contribution in [0.1, 0.15) is 24.2 Å². The topological polar surface area (TPSA) is 63.2 Å². The standard InChI is InChI=1S/C45H40N6/c1-45(32-15-5-3-6-16-32,33-17-7-4-8-18-33)48-44(49(2)46)31-25-28-43(47-30-31)51-41-24-14-11-21-37(41)38-29-34(26-27-42(38)51)50-39-22-12-9-19-35(39)36-20-10-13-23-40(36)50/h3-30,43-44,47-48H,46H2,1-2H3. The number of aromatic nitrogens is 2. The Morgan fingerprint density at radius 2 is 1.16 bits per heavy atom. The SMILES string of the molecule is CN(N)C(NC(C)(c1ccccc1)c1ccccc1)C1=CNC(n2c3ccccc3c3cc(-n4c5ccccc5c5ccccc54)ccc32)C=C1. The first-order chi connectivity index (χ1) is 25.0. The Labute approximate surface area is 297 Å². The van der Waals surface area contributed by atoms with Gasteiger partial charge in [-0.25, -0.2) is 5.01 Å². The number of fused-ring (bicyclic) bond motifs is 6. The molecular weight excluding hydrogens is 625 g/mol. The highest BCUT2D eigenvalue weighted by Crippen LogP contribution is 2.37. The maximum absolute atomic E-state index is 6.59. The Morgan fingerprint density at radius 3 is 1.71 bits per heavy atom. The highest BCUT2D eigenvalue weighted by Gasteiger charge is 2.34. The molecule has 6 aromatic carbocycles. The molecule has 0 amide bonds. The fraction of sp³-hybridized carbons (Fsp3) is 0.111. The Hall–Kier alpha value is -5.92. The molecule has 2 atom stereocenters. The van der Waals surface area contributed by atoms with Crippen LogP contribution in [0.5, 0.6) is 0 Å². The number of dihydropyridines is 1. The predicted molar refractivity (Wildman–Crippen MR) is 211 cm³/mol. The molecule has 2 aromatic heterocycles. The van der Waals surface area contributed by atoms with Crippen molar-refractivity contribution in [1.29, 1.82) is 0 Å². The summed E-state index contributed by atoms with van der Waals surface area (Å²) in [5.74, 6) is 6.59. The van der Waals surface area contributed by atoms with Gasteiger partial charge in [-0.05, 0) is 60.5 Å². The van der Waals surface area contributed by atoms with E-state index < -0.39 is 5.54 Å². The first-order valence-electron chi connectivity index (χ1n) is 17.5. The Bertz CT molecular complexity index is 2500. The average Bonchev–Trinajstić information content (AvgIpc) is 3.70. The third-order valence-corrected chi connectivity index (χ3v) is 10.6. The van der Waals surface area contributed by atoms with Gasteiger partial charge in [-0.1, -0.05) is 121 Å². The fourth-order valence-corrected chi connectivity index (χ4v) is 8.02. The number of hydrazine groups is 1. The number of para-hydroxylation sites is 3. The third kappa shape index (κ3) is 5.15. The van der Waals surface area contributed by atoms with Gasteiger partial charge < -0.3 is 14.5 Å². The molecule has 1 aliphatic heterocycles. The van der Waals surface area contributed by atoms with E-state index in [9.17, 15) is 0 Å². The van der Waals surface area contributed by atoms with Gasteiger partial charge in [0.05, 0.1) is 27.6 Å². The molecule has 4 N–H and O–H groups in total. The van der Waals surface area contributed by atoms with Gasteiger partial charge in [-0.15, -0.1) is 0 Å². The zero-order valence-electron chi connectivity index (χ0n) is 28.7. The van der Waals surface area contributed by atoms with Crippen molar-refractivity contribution in [2.45, 2.75) is 24.8 Å². The van der Waals surface area contributed by atoms with E-state index in [1.165, 1.54) is 54.7 Å². The molecule has 51 heavy (non-hydrogen) atoms. The van der Waals surface area contributed by atoms with Gasteiger partial charge >= 0.3 is 0 Å². The molecule has 0 spiro atoms. The van der Waals surface area contributed by atoms with Crippen molar-refractivity contribution in [1.82, 2.24) is 24.8 Å². The number of nitrogens with zero attached hydrogens (tertiary/aromatic N) is 3. The lowest BCUT2D eigenvalue weighted by Crippen LogP contribution is -2.56. The molecule has 6 nitrogen and oxygen atoms in total. The number of rotatable bonds is 8. The number of nitrogens with one attached hydrogen (secondary N) is 2. The summed E-state index contributed by atoms with van der Waals surface area (Å²) in [7, 11) is 1.91. The lowest BCUT2D eigenvalue weighted by molar-refractivity contribution is 0.201. The van der Waals surface area contributed by atoms with Crippen molar-refractivity contribution in [2.24, 2.45) is 5.84 Å². The van der Waals surface area contributed by atoms with Gasteiger partial charge in [0, 0.05) is 46.1 Å². The monoisotopic (exact) mass is 664 g/mol. The average molecular weight is 665 g/mol. The van der Waals surface area contributed by atoms with E-state index in [0.29, 0.717) is 0 Å². The zero-order valence-corrected chi connectivity index (χ0v) is 28.7. The van der Waals surface area contributed by atoms with Crippen molar-refractivity contribution in [3.63, 3.8) is 0 Å². The minimum absolute atomic E-state index is 0.0893. The normalized spacial score (nSPS) is 15.5. The molecule has 0 fully saturated rings. The summed E-state index contributed by atoms with van der Waals surface area (Å²) in [5.41, 5.74) is 8.80. The second-order valence-electron chi connectivity index (χ2n) is 13.6. The van der Waals surface area contributed by atoms with Crippen LogP contribution < -0.4 is 16.5 Å². The summed E-state index contributed by atoms with van der Waals surface area (Å²) < 4.78 is 4.79. The van der Waals surface area contributed by atoms with E-state index in [0.717, 1.165) is 11.3 Å². The summed E-state index contributed by atoms with van der Waals surface area (Å²) in [6.07, 6.45) is 6.18. The van der Waals surface area contributed by atoms with Crippen LogP contribution in [-0.4, -0.2) is 27.4 Å². The predicted octanol–water partition coefficient (Wildman–Crippen LogP) is 9.12. The van der Waals surface area contributed by atoms with E-state index in [-0.39, 0.29) is 12.3 Å². The number of likely N-dealkylation sites (N-methyl/N-ethyl adjacent to an activating group) is 1. The Balaban J connectivity index is 1.09. The number of benzene rings is 6.